The van der Waals surface area contributed by atoms with E-state index in [1.807, 2.05) is 24.9 Å². The number of hydrogen-bond acceptors (Lipinski definition) is 2. The van der Waals surface area contributed by atoms with Crippen molar-refractivity contribution in [3.05, 3.63) is 27.7 Å². The molecule has 0 saturated heterocycles. The third kappa shape index (κ3) is 3.89. The van der Waals surface area contributed by atoms with Crippen molar-refractivity contribution >= 4 is 54.1 Å². The summed E-state index contributed by atoms with van der Waals surface area (Å²) in [6.07, 6.45) is 5.95. The summed E-state index contributed by atoms with van der Waals surface area (Å²) in [7, 11) is 1.73. The van der Waals surface area contributed by atoms with Crippen molar-refractivity contribution < 1.29 is 0 Å². The molecule has 112 valence electrons. The van der Waals surface area contributed by atoms with Crippen LogP contribution < -0.4 is 10.3 Å². The predicted octanol–water partition coefficient (Wildman–Crippen LogP) is 2.27. The van der Waals surface area contributed by atoms with Crippen LogP contribution in [0.1, 0.15) is 34.7 Å². The SMILES string of the molecule is CCN(C=NC)c1c(C)[nH]cc([CH]2CCC(Br)[CH]=[In]2)c1=O. The Kier molecular flexibility index (Phi) is 6.29. The number of pyridine rings is 1. The first kappa shape index (κ1) is 17.0. The second kappa shape index (κ2) is 7.77. The molecule has 2 unspecified atom stereocenters. The molecule has 0 saturated carbocycles. The summed E-state index contributed by atoms with van der Waals surface area (Å²) >= 11 is 2.83. The Morgan fingerprint density at radius 2 is 2.33 bits per heavy atom. The topological polar surface area (TPSA) is 48.5 Å². The van der Waals surface area contributed by atoms with Crippen molar-refractivity contribution in [3.8, 4) is 0 Å². The number of halogens is 1. The monoisotopic (exact) mass is 453 g/mol. The van der Waals surface area contributed by atoms with Gasteiger partial charge in [-0.15, -0.1) is 0 Å². The van der Waals surface area contributed by atoms with E-state index in [0.29, 0.717) is 8.50 Å². The maximum absolute atomic E-state index is 12.9. The van der Waals surface area contributed by atoms with Gasteiger partial charge in [-0.25, -0.2) is 0 Å². The number of nitrogens with one attached hydrogen (secondary N) is 1. The van der Waals surface area contributed by atoms with Crippen LogP contribution in [0.25, 0.3) is 0 Å². The number of anilines is 1. The number of rotatable bonds is 4. The number of hydrogen-bond donors (Lipinski definition) is 1. The van der Waals surface area contributed by atoms with Crippen LogP contribution >= 0.6 is 15.9 Å². The molecule has 1 aromatic rings. The molecule has 0 aliphatic carbocycles. The van der Waals surface area contributed by atoms with E-state index in [2.05, 4.69) is 29.7 Å². The van der Waals surface area contributed by atoms with Gasteiger partial charge in [0.05, 0.1) is 0 Å². The first-order valence-corrected chi connectivity index (χ1v) is 12.0. The van der Waals surface area contributed by atoms with Gasteiger partial charge in [-0.2, -0.15) is 0 Å². The Bertz CT molecular complexity index is 611. The van der Waals surface area contributed by atoms with Crippen molar-refractivity contribution in [2.45, 2.75) is 35.2 Å². The average Bonchev–Trinajstić information content (AvgIpc) is 2.47. The van der Waals surface area contributed by atoms with Gasteiger partial charge in [0.15, 0.2) is 0 Å². The van der Waals surface area contributed by atoms with E-state index in [4.69, 9.17) is 0 Å². The van der Waals surface area contributed by atoms with E-state index in [1.165, 1.54) is 0 Å². The van der Waals surface area contributed by atoms with E-state index in [0.717, 1.165) is 36.3 Å². The van der Waals surface area contributed by atoms with E-state index in [1.54, 1.807) is 13.4 Å². The molecule has 21 heavy (non-hydrogen) atoms. The van der Waals surface area contributed by atoms with Gasteiger partial charge in [0.2, 0.25) is 0 Å². The van der Waals surface area contributed by atoms with Gasteiger partial charge in [0.1, 0.15) is 0 Å². The number of aliphatic imine (C=N–C) groups is 1. The van der Waals surface area contributed by atoms with Gasteiger partial charge in [-0.3, -0.25) is 0 Å². The average molecular weight is 454 g/mol. The third-order valence-corrected chi connectivity index (χ3v) is 11.5. The molecule has 6 heteroatoms. The fourth-order valence-electron chi connectivity index (χ4n) is 2.73. The zero-order valence-electron chi connectivity index (χ0n) is 12.8. The molecule has 1 aliphatic heterocycles. The summed E-state index contributed by atoms with van der Waals surface area (Å²) in [5.74, 6) is 0. The fourth-order valence-corrected chi connectivity index (χ4v) is 8.58. The van der Waals surface area contributed by atoms with Gasteiger partial charge in [-0.05, 0) is 0 Å². The Morgan fingerprint density at radius 1 is 1.57 bits per heavy atom. The summed E-state index contributed by atoms with van der Waals surface area (Å²) in [5.41, 5.74) is 2.84. The van der Waals surface area contributed by atoms with Gasteiger partial charge < -0.3 is 0 Å². The second-order valence-electron chi connectivity index (χ2n) is 5.29. The van der Waals surface area contributed by atoms with Crippen LogP contribution in [0.3, 0.4) is 0 Å². The molecule has 0 amide bonds. The Morgan fingerprint density at radius 3 is 2.90 bits per heavy atom. The van der Waals surface area contributed by atoms with Gasteiger partial charge in [0.25, 0.3) is 0 Å². The van der Waals surface area contributed by atoms with Crippen LogP contribution in [0.15, 0.2) is 16.0 Å². The van der Waals surface area contributed by atoms with Crippen molar-refractivity contribution in [1.82, 2.24) is 4.98 Å². The molecule has 1 N–H and O–H groups in total. The molecule has 0 aromatic carbocycles. The van der Waals surface area contributed by atoms with Crippen molar-refractivity contribution in [1.29, 1.82) is 0 Å². The van der Waals surface area contributed by atoms with Crippen LogP contribution in [-0.2, 0) is 0 Å². The standard InChI is InChI=1S/C15H21BrN3O.In/c1-5-19(10-17-4)14-12(3)18-9-13(15(14)20)8-6-7-11(2)16;/h2,8-11H,5-7H2,1,3-4H3,(H,18,20);. The molecule has 1 aliphatic rings. The number of aryl methyl sites for hydroxylation is 1. The first-order chi connectivity index (χ1) is 10.1. The van der Waals surface area contributed by atoms with Gasteiger partial charge in [-0.1, -0.05) is 0 Å². The number of H-pyrrole nitrogens is 1. The summed E-state index contributed by atoms with van der Waals surface area (Å²) in [5, 5.41) is 0. The molecular formula is C15H21BrInN3O. The van der Waals surface area contributed by atoms with E-state index < -0.39 is 22.4 Å². The zero-order chi connectivity index (χ0) is 15.4. The summed E-state index contributed by atoms with van der Waals surface area (Å²) in [6, 6.07) is 0. The molecule has 2 rings (SSSR count). The molecule has 0 radical (unpaired) electrons. The summed E-state index contributed by atoms with van der Waals surface area (Å²) < 4.78 is 2.96. The molecular weight excluding hydrogens is 433 g/mol. The van der Waals surface area contributed by atoms with Crippen LogP contribution in [0.5, 0.6) is 0 Å². The fraction of sp³-hybridized carbons (Fsp3) is 0.533. The molecule has 2 atom stereocenters. The normalized spacial score (nSPS) is 21.5. The minimum atomic E-state index is -0.843. The third-order valence-electron chi connectivity index (χ3n) is 3.86. The Balaban J connectivity index is 2.46. The van der Waals surface area contributed by atoms with Crippen LogP contribution in [0, 0.1) is 6.92 Å². The summed E-state index contributed by atoms with van der Waals surface area (Å²) in [6.45, 7) is 4.73. The van der Waals surface area contributed by atoms with Crippen molar-refractivity contribution in [2.24, 2.45) is 4.99 Å². The second-order valence-corrected chi connectivity index (χ2v) is 11.0. The number of nitrogens with zero attached hydrogens (tertiary/aromatic N) is 2. The molecule has 0 fully saturated rings. The minimum absolute atomic E-state index is 0.186. The van der Waals surface area contributed by atoms with Crippen LogP contribution in [-0.4, -0.2) is 55.9 Å². The zero-order valence-corrected chi connectivity index (χ0v) is 17.6. The number of alkyl halides is 1. The van der Waals surface area contributed by atoms with Gasteiger partial charge >= 0.3 is 145 Å². The number of aromatic amines is 1. The van der Waals surface area contributed by atoms with Gasteiger partial charge in [0, 0.05) is 0 Å². The molecule has 4 nitrogen and oxygen atoms in total. The molecule has 0 bridgehead atoms. The maximum atomic E-state index is 12.9. The molecule has 2 heterocycles. The van der Waals surface area contributed by atoms with Crippen molar-refractivity contribution in [3.63, 3.8) is 0 Å². The Hall–Kier alpha value is -0.360. The van der Waals surface area contributed by atoms with E-state index in [9.17, 15) is 4.79 Å². The van der Waals surface area contributed by atoms with Crippen molar-refractivity contribution in [2.75, 3.05) is 18.5 Å². The van der Waals surface area contributed by atoms with E-state index >= 15 is 0 Å². The molecule has 1 aromatic heterocycles. The molecule has 0 spiro atoms. The first-order valence-electron chi connectivity index (χ1n) is 7.32. The van der Waals surface area contributed by atoms with Crippen LogP contribution in [0.2, 0.25) is 0 Å². The van der Waals surface area contributed by atoms with E-state index in [-0.39, 0.29) is 5.43 Å². The predicted molar refractivity (Wildman–Crippen MR) is 95.7 cm³/mol. The quantitative estimate of drug-likeness (QED) is 0.432. The van der Waals surface area contributed by atoms with Crippen LogP contribution in [0.4, 0.5) is 5.69 Å². The summed E-state index contributed by atoms with van der Waals surface area (Å²) in [4.78, 5) is 22.8. The Labute approximate surface area is 145 Å². The number of aromatic nitrogens is 1.